The van der Waals surface area contributed by atoms with Crippen LogP contribution in [0.2, 0.25) is 0 Å². The van der Waals surface area contributed by atoms with Crippen molar-refractivity contribution in [1.82, 2.24) is 9.78 Å². The van der Waals surface area contributed by atoms with Gasteiger partial charge in [0, 0.05) is 23.8 Å². The lowest BCUT2D eigenvalue weighted by atomic mass is 9.68. The molecule has 1 aromatic heterocycles. The van der Waals surface area contributed by atoms with Crippen LogP contribution in [0.3, 0.4) is 0 Å². The molecular formula is C11H17ClN2O. The zero-order valence-electron chi connectivity index (χ0n) is 9.40. The van der Waals surface area contributed by atoms with Gasteiger partial charge in [0.1, 0.15) is 6.10 Å². The van der Waals surface area contributed by atoms with Gasteiger partial charge < -0.3 is 4.74 Å². The molecule has 2 rings (SSSR count). The van der Waals surface area contributed by atoms with E-state index in [9.17, 15) is 0 Å². The molecule has 1 saturated carbocycles. The topological polar surface area (TPSA) is 27.1 Å². The quantitative estimate of drug-likeness (QED) is 0.744. The van der Waals surface area contributed by atoms with Crippen molar-refractivity contribution in [2.24, 2.45) is 5.41 Å². The fourth-order valence-electron chi connectivity index (χ4n) is 1.78. The van der Waals surface area contributed by atoms with E-state index in [1.54, 1.807) is 6.20 Å². The first-order chi connectivity index (χ1) is 7.04. The summed E-state index contributed by atoms with van der Waals surface area (Å²) < 4.78 is 7.71. The minimum absolute atomic E-state index is 0.0653. The van der Waals surface area contributed by atoms with Crippen LogP contribution in [0.25, 0.3) is 0 Å². The highest BCUT2D eigenvalue weighted by Crippen LogP contribution is 2.46. The Kier molecular flexibility index (Phi) is 2.67. The van der Waals surface area contributed by atoms with Crippen LogP contribution in [-0.2, 0) is 6.54 Å². The van der Waals surface area contributed by atoms with Gasteiger partial charge in [-0.2, -0.15) is 5.10 Å². The maximum Gasteiger partial charge on any atom is 0.157 e. The number of ether oxygens (including phenoxy) is 1. The molecule has 1 heterocycles. The van der Waals surface area contributed by atoms with Crippen molar-refractivity contribution in [3.05, 3.63) is 12.4 Å². The first kappa shape index (κ1) is 10.8. The zero-order chi connectivity index (χ0) is 11.1. The normalized spacial score (nSPS) is 28.5. The minimum Gasteiger partial charge on any atom is -0.486 e. The molecule has 0 aromatic carbocycles. The average molecular weight is 229 g/mol. The molecule has 0 bridgehead atoms. The molecule has 15 heavy (non-hydrogen) atoms. The Balaban J connectivity index is 1.98. The van der Waals surface area contributed by atoms with Gasteiger partial charge in [-0.15, -0.1) is 11.6 Å². The van der Waals surface area contributed by atoms with E-state index in [4.69, 9.17) is 16.3 Å². The third-order valence-electron chi connectivity index (χ3n) is 3.27. The number of hydrogen-bond donors (Lipinski definition) is 0. The van der Waals surface area contributed by atoms with Crippen LogP contribution in [-0.4, -0.2) is 21.3 Å². The zero-order valence-corrected chi connectivity index (χ0v) is 10.2. The first-order valence-electron chi connectivity index (χ1n) is 5.37. The number of alkyl halides is 1. The lowest BCUT2D eigenvalue weighted by Gasteiger charge is -2.48. The van der Waals surface area contributed by atoms with E-state index in [0.717, 1.165) is 18.7 Å². The molecule has 0 aliphatic heterocycles. The van der Waals surface area contributed by atoms with Crippen LogP contribution >= 0.6 is 11.6 Å². The van der Waals surface area contributed by atoms with Crippen LogP contribution in [0, 0.1) is 5.41 Å². The van der Waals surface area contributed by atoms with Crippen LogP contribution in [0.1, 0.15) is 27.2 Å². The van der Waals surface area contributed by atoms with Crippen molar-refractivity contribution in [2.45, 2.75) is 45.2 Å². The molecule has 84 valence electrons. The molecule has 0 amide bonds. The largest absolute Gasteiger partial charge is 0.486 e. The summed E-state index contributed by atoms with van der Waals surface area (Å²) in [6, 6.07) is 0. The van der Waals surface area contributed by atoms with E-state index in [1.807, 2.05) is 10.9 Å². The Morgan fingerprint density at radius 2 is 2.40 bits per heavy atom. The molecule has 2 atom stereocenters. The fraction of sp³-hybridized carbons (Fsp3) is 0.727. The van der Waals surface area contributed by atoms with Crippen molar-refractivity contribution >= 4 is 11.6 Å². The Bertz CT molecular complexity index is 348. The van der Waals surface area contributed by atoms with E-state index in [-0.39, 0.29) is 16.9 Å². The van der Waals surface area contributed by atoms with Crippen LogP contribution in [0.4, 0.5) is 0 Å². The highest BCUT2D eigenvalue weighted by Gasteiger charge is 2.49. The second-order valence-corrected chi connectivity index (χ2v) is 5.19. The van der Waals surface area contributed by atoms with Crippen LogP contribution in [0.15, 0.2) is 12.4 Å². The number of nitrogens with zero attached hydrogens (tertiary/aromatic N) is 2. The van der Waals surface area contributed by atoms with Crippen molar-refractivity contribution in [2.75, 3.05) is 0 Å². The lowest BCUT2D eigenvalue weighted by molar-refractivity contribution is -0.0130. The summed E-state index contributed by atoms with van der Waals surface area (Å²) in [7, 11) is 0. The molecule has 1 aliphatic rings. The van der Waals surface area contributed by atoms with Crippen molar-refractivity contribution in [3.63, 3.8) is 0 Å². The molecule has 0 spiro atoms. The van der Waals surface area contributed by atoms with Gasteiger partial charge in [-0.3, -0.25) is 4.68 Å². The van der Waals surface area contributed by atoms with Gasteiger partial charge in [0.2, 0.25) is 0 Å². The second-order valence-electron chi connectivity index (χ2n) is 4.66. The SMILES string of the molecule is CCn1cc(OC2CC(Cl)C2(C)C)cn1. The van der Waals surface area contributed by atoms with Crippen molar-refractivity contribution in [1.29, 1.82) is 0 Å². The van der Waals surface area contributed by atoms with Crippen LogP contribution in [0.5, 0.6) is 5.75 Å². The summed E-state index contributed by atoms with van der Waals surface area (Å²) in [5.41, 5.74) is 0.0653. The molecule has 0 saturated heterocycles. The Morgan fingerprint density at radius 3 is 2.87 bits per heavy atom. The predicted molar refractivity (Wildman–Crippen MR) is 60.4 cm³/mol. The van der Waals surface area contributed by atoms with E-state index in [0.29, 0.717) is 0 Å². The maximum atomic E-state index is 6.13. The van der Waals surface area contributed by atoms with Gasteiger partial charge in [0.25, 0.3) is 0 Å². The standard InChI is InChI=1S/C11H17ClN2O/c1-4-14-7-8(6-13-14)15-10-5-9(12)11(10,2)3/h6-7,9-10H,4-5H2,1-3H3. The molecule has 3 nitrogen and oxygen atoms in total. The maximum absolute atomic E-state index is 6.13. The Morgan fingerprint density at radius 1 is 1.67 bits per heavy atom. The molecule has 1 fully saturated rings. The molecule has 0 N–H and O–H groups in total. The van der Waals surface area contributed by atoms with Crippen LogP contribution < -0.4 is 4.74 Å². The molecular weight excluding hydrogens is 212 g/mol. The Labute approximate surface area is 95.4 Å². The second kappa shape index (κ2) is 3.71. The van der Waals surface area contributed by atoms with E-state index < -0.39 is 0 Å². The van der Waals surface area contributed by atoms with E-state index in [1.165, 1.54) is 0 Å². The molecule has 2 unspecified atom stereocenters. The van der Waals surface area contributed by atoms with Gasteiger partial charge in [-0.05, 0) is 6.92 Å². The monoisotopic (exact) mass is 228 g/mol. The molecule has 1 aromatic rings. The summed E-state index contributed by atoms with van der Waals surface area (Å²) in [5, 5.41) is 4.40. The van der Waals surface area contributed by atoms with Crippen molar-refractivity contribution in [3.8, 4) is 5.75 Å². The number of rotatable bonds is 3. The third kappa shape index (κ3) is 1.85. The first-order valence-corrected chi connectivity index (χ1v) is 5.81. The molecule has 0 radical (unpaired) electrons. The highest BCUT2D eigenvalue weighted by atomic mass is 35.5. The summed E-state index contributed by atoms with van der Waals surface area (Å²) >= 11 is 6.13. The smallest absolute Gasteiger partial charge is 0.157 e. The minimum atomic E-state index is 0.0653. The van der Waals surface area contributed by atoms with Gasteiger partial charge in [0.05, 0.1) is 12.4 Å². The number of hydrogen-bond acceptors (Lipinski definition) is 2. The molecule has 4 heteroatoms. The summed E-state index contributed by atoms with van der Waals surface area (Å²) in [4.78, 5) is 0. The van der Waals surface area contributed by atoms with Gasteiger partial charge in [-0.1, -0.05) is 13.8 Å². The fourth-order valence-corrected chi connectivity index (χ4v) is 2.08. The summed E-state index contributed by atoms with van der Waals surface area (Å²) in [6.45, 7) is 7.21. The highest BCUT2D eigenvalue weighted by molar-refractivity contribution is 6.21. The van der Waals surface area contributed by atoms with E-state index >= 15 is 0 Å². The van der Waals surface area contributed by atoms with E-state index in [2.05, 4.69) is 25.9 Å². The Hall–Kier alpha value is -0.700. The number of halogens is 1. The summed E-state index contributed by atoms with van der Waals surface area (Å²) in [6.07, 6.45) is 4.83. The van der Waals surface area contributed by atoms with Gasteiger partial charge >= 0.3 is 0 Å². The lowest BCUT2D eigenvalue weighted by Crippen LogP contribution is -2.53. The van der Waals surface area contributed by atoms with Crippen molar-refractivity contribution < 1.29 is 4.74 Å². The molecule has 1 aliphatic carbocycles. The van der Waals surface area contributed by atoms with Gasteiger partial charge in [0.15, 0.2) is 5.75 Å². The third-order valence-corrected chi connectivity index (χ3v) is 4.01. The number of aryl methyl sites for hydroxylation is 1. The van der Waals surface area contributed by atoms with Gasteiger partial charge in [-0.25, -0.2) is 0 Å². The predicted octanol–water partition coefficient (Wildman–Crippen LogP) is 2.69. The number of aromatic nitrogens is 2. The summed E-state index contributed by atoms with van der Waals surface area (Å²) in [5.74, 6) is 0.846. The average Bonchev–Trinajstić information content (AvgIpc) is 2.65.